The zero-order valence-electron chi connectivity index (χ0n) is 9.28. The van der Waals surface area contributed by atoms with Crippen molar-refractivity contribution in [3.8, 4) is 0 Å². The van der Waals surface area contributed by atoms with Crippen molar-refractivity contribution in [2.75, 3.05) is 18.0 Å². The smallest absolute Gasteiger partial charge is 0.225 e. The van der Waals surface area contributed by atoms with Crippen LogP contribution in [0.4, 0.5) is 5.95 Å². The summed E-state index contributed by atoms with van der Waals surface area (Å²) in [5, 5.41) is 0. The molecule has 4 heteroatoms. The number of rotatable bonds is 1. The van der Waals surface area contributed by atoms with Crippen LogP contribution >= 0.6 is 0 Å². The average Bonchev–Trinajstić information content (AvgIpc) is 2.72. The number of Topliss-reactive ketones (excluding diaryl/α,β-unsaturated/α-hetero) is 1. The minimum atomic E-state index is 0.195. The molecule has 84 valence electrons. The van der Waals surface area contributed by atoms with E-state index in [-0.39, 0.29) is 5.78 Å². The van der Waals surface area contributed by atoms with E-state index in [0.717, 1.165) is 36.7 Å². The number of carbonyl (C=O) groups is 1. The molecule has 2 aliphatic rings. The summed E-state index contributed by atoms with van der Waals surface area (Å²) in [5.41, 5.74) is 1.68. The minimum Gasteiger partial charge on any atom is -0.341 e. The molecule has 1 fully saturated rings. The molecular formula is C12H15N3O. The standard InChI is InChI=1S/C12H15N3O/c16-11-5-4-10-9(11)8-13-12(14-10)15-6-2-1-3-7-15/h8H,1-7H2. The van der Waals surface area contributed by atoms with E-state index in [2.05, 4.69) is 14.9 Å². The Hall–Kier alpha value is -1.45. The van der Waals surface area contributed by atoms with Gasteiger partial charge in [0.05, 0.1) is 11.3 Å². The lowest BCUT2D eigenvalue weighted by Gasteiger charge is -2.26. The highest BCUT2D eigenvalue weighted by atomic mass is 16.1. The first-order valence-corrected chi connectivity index (χ1v) is 5.98. The summed E-state index contributed by atoms with van der Waals surface area (Å²) >= 11 is 0. The number of fused-ring (bicyclic) bond motifs is 1. The topological polar surface area (TPSA) is 46.1 Å². The molecule has 0 unspecified atom stereocenters. The Morgan fingerprint density at radius 3 is 2.75 bits per heavy atom. The first-order chi connectivity index (χ1) is 7.84. The van der Waals surface area contributed by atoms with E-state index in [0.29, 0.717) is 6.42 Å². The molecule has 0 atom stereocenters. The molecule has 1 aromatic rings. The van der Waals surface area contributed by atoms with Gasteiger partial charge >= 0.3 is 0 Å². The Kier molecular flexibility index (Phi) is 2.35. The van der Waals surface area contributed by atoms with E-state index in [1.54, 1.807) is 6.20 Å². The maximum absolute atomic E-state index is 11.5. The molecule has 1 aromatic heterocycles. The monoisotopic (exact) mass is 217 g/mol. The van der Waals surface area contributed by atoms with Crippen LogP contribution in [-0.4, -0.2) is 28.8 Å². The zero-order chi connectivity index (χ0) is 11.0. The van der Waals surface area contributed by atoms with E-state index < -0.39 is 0 Å². The fraction of sp³-hybridized carbons (Fsp3) is 0.583. The van der Waals surface area contributed by atoms with Gasteiger partial charge in [-0.05, 0) is 25.7 Å². The van der Waals surface area contributed by atoms with Crippen LogP contribution in [0.25, 0.3) is 0 Å². The molecule has 3 rings (SSSR count). The normalized spacial score (nSPS) is 20.0. The number of hydrogen-bond acceptors (Lipinski definition) is 4. The molecule has 16 heavy (non-hydrogen) atoms. The van der Waals surface area contributed by atoms with Gasteiger partial charge in [-0.2, -0.15) is 0 Å². The Bertz CT molecular complexity index is 424. The molecule has 2 heterocycles. The summed E-state index contributed by atoms with van der Waals surface area (Å²) in [6.45, 7) is 2.10. The molecular weight excluding hydrogens is 202 g/mol. The van der Waals surface area contributed by atoms with Gasteiger partial charge in [0.1, 0.15) is 0 Å². The summed E-state index contributed by atoms with van der Waals surface area (Å²) in [4.78, 5) is 22.5. The van der Waals surface area contributed by atoms with Gasteiger partial charge < -0.3 is 4.90 Å². The van der Waals surface area contributed by atoms with E-state index in [9.17, 15) is 4.79 Å². The lowest BCUT2D eigenvalue weighted by Crippen LogP contribution is -2.31. The van der Waals surface area contributed by atoms with Crippen LogP contribution in [0.5, 0.6) is 0 Å². The third-order valence-corrected chi connectivity index (χ3v) is 3.38. The van der Waals surface area contributed by atoms with Crippen molar-refractivity contribution in [2.45, 2.75) is 32.1 Å². The van der Waals surface area contributed by atoms with Crippen LogP contribution in [0.15, 0.2) is 6.20 Å². The highest BCUT2D eigenvalue weighted by Gasteiger charge is 2.23. The number of aryl methyl sites for hydroxylation is 1. The Morgan fingerprint density at radius 2 is 1.94 bits per heavy atom. The maximum Gasteiger partial charge on any atom is 0.225 e. The van der Waals surface area contributed by atoms with Crippen LogP contribution in [0.3, 0.4) is 0 Å². The first-order valence-electron chi connectivity index (χ1n) is 5.98. The van der Waals surface area contributed by atoms with Gasteiger partial charge in [-0.1, -0.05) is 0 Å². The summed E-state index contributed by atoms with van der Waals surface area (Å²) in [6, 6.07) is 0. The SMILES string of the molecule is O=C1CCc2nc(N3CCCCC3)ncc21. The average molecular weight is 217 g/mol. The second kappa shape index (κ2) is 3.85. The minimum absolute atomic E-state index is 0.195. The van der Waals surface area contributed by atoms with Crippen LogP contribution in [0, 0.1) is 0 Å². The number of piperidine rings is 1. The Balaban J connectivity index is 1.89. The predicted molar refractivity (Wildman–Crippen MR) is 60.7 cm³/mol. The number of nitrogens with zero attached hydrogens (tertiary/aromatic N) is 3. The van der Waals surface area contributed by atoms with Crippen molar-refractivity contribution in [2.24, 2.45) is 0 Å². The van der Waals surface area contributed by atoms with Crippen LogP contribution in [0.2, 0.25) is 0 Å². The molecule has 0 N–H and O–H groups in total. The fourth-order valence-electron chi connectivity index (χ4n) is 2.44. The maximum atomic E-state index is 11.5. The van der Waals surface area contributed by atoms with Crippen molar-refractivity contribution in [3.05, 3.63) is 17.5 Å². The lowest BCUT2D eigenvalue weighted by molar-refractivity contribution is 0.0994. The second-order valence-corrected chi connectivity index (χ2v) is 4.50. The summed E-state index contributed by atoms with van der Waals surface area (Å²) in [7, 11) is 0. The molecule has 0 spiro atoms. The molecule has 1 aliphatic heterocycles. The van der Waals surface area contributed by atoms with E-state index >= 15 is 0 Å². The molecule has 0 amide bonds. The second-order valence-electron chi connectivity index (χ2n) is 4.50. The molecule has 1 saturated heterocycles. The highest BCUT2D eigenvalue weighted by Crippen LogP contribution is 2.22. The molecule has 0 radical (unpaired) electrons. The van der Waals surface area contributed by atoms with Gasteiger partial charge in [0.25, 0.3) is 0 Å². The number of anilines is 1. The van der Waals surface area contributed by atoms with Gasteiger partial charge in [-0.15, -0.1) is 0 Å². The number of ketones is 1. The molecule has 0 saturated carbocycles. The third-order valence-electron chi connectivity index (χ3n) is 3.38. The van der Waals surface area contributed by atoms with Crippen molar-refractivity contribution in [3.63, 3.8) is 0 Å². The van der Waals surface area contributed by atoms with Gasteiger partial charge in [-0.3, -0.25) is 4.79 Å². The van der Waals surface area contributed by atoms with Crippen LogP contribution in [0.1, 0.15) is 41.7 Å². The van der Waals surface area contributed by atoms with Crippen molar-refractivity contribution in [1.29, 1.82) is 0 Å². The van der Waals surface area contributed by atoms with E-state index in [1.165, 1.54) is 19.3 Å². The highest BCUT2D eigenvalue weighted by molar-refractivity contribution is 5.99. The largest absolute Gasteiger partial charge is 0.341 e. The summed E-state index contributed by atoms with van der Waals surface area (Å²) in [6.07, 6.45) is 6.85. The molecule has 0 aromatic carbocycles. The van der Waals surface area contributed by atoms with E-state index in [1.807, 2.05) is 0 Å². The van der Waals surface area contributed by atoms with Crippen molar-refractivity contribution < 1.29 is 4.79 Å². The Morgan fingerprint density at radius 1 is 1.12 bits per heavy atom. The van der Waals surface area contributed by atoms with Gasteiger partial charge in [0.2, 0.25) is 5.95 Å². The van der Waals surface area contributed by atoms with Crippen molar-refractivity contribution in [1.82, 2.24) is 9.97 Å². The van der Waals surface area contributed by atoms with Gasteiger partial charge in [-0.25, -0.2) is 9.97 Å². The lowest BCUT2D eigenvalue weighted by atomic mass is 10.1. The molecule has 0 bridgehead atoms. The first kappa shape index (κ1) is 9.75. The summed E-state index contributed by atoms with van der Waals surface area (Å²) < 4.78 is 0. The fourth-order valence-corrected chi connectivity index (χ4v) is 2.44. The quantitative estimate of drug-likeness (QED) is 0.716. The number of aromatic nitrogens is 2. The van der Waals surface area contributed by atoms with Gasteiger partial charge in [0.15, 0.2) is 5.78 Å². The molecule has 1 aliphatic carbocycles. The Labute approximate surface area is 94.7 Å². The number of carbonyl (C=O) groups excluding carboxylic acids is 1. The van der Waals surface area contributed by atoms with Crippen molar-refractivity contribution >= 4 is 11.7 Å². The third kappa shape index (κ3) is 1.58. The predicted octanol–water partition coefficient (Wildman–Crippen LogP) is 1.60. The number of hydrogen-bond donors (Lipinski definition) is 0. The summed E-state index contributed by atoms with van der Waals surface area (Å²) in [5.74, 6) is 1.01. The van der Waals surface area contributed by atoms with Gasteiger partial charge in [0, 0.05) is 25.7 Å². The van der Waals surface area contributed by atoms with Crippen LogP contribution < -0.4 is 4.90 Å². The zero-order valence-corrected chi connectivity index (χ0v) is 9.28. The van der Waals surface area contributed by atoms with Crippen LogP contribution in [-0.2, 0) is 6.42 Å². The molecule has 4 nitrogen and oxygen atoms in total. The van der Waals surface area contributed by atoms with E-state index in [4.69, 9.17) is 0 Å².